The maximum Gasteiger partial charge on any atom is 0.264 e. The summed E-state index contributed by atoms with van der Waals surface area (Å²) in [7, 11) is -3.86. The Bertz CT molecular complexity index is 911. The van der Waals surface area contributed by atoms with Crippen LogP contribution in [-0.2, 0) is 19.7 Å². The smallest absolute Gasteiger partial charge is 0.264 e. The predicted molar refractivity (Wildman–Crippen MR) is 144 cm³/mol. The Morgan fingerprint density at radius 3 is 2.31 bits per heavy atom. The van der Waals surface area contributed by atoms with E-state index in [-0.39, 0.29) is 17.1 Å². The summed E-state index contributed by atoms with van der Waals surface area (Å²) < 4.78 is 31.2. The van der Waals surface area contributed by atoms with E-state index >= 15 is 0 Å². The summed E-state index contributed by atoms with van der Waals surface area (Å²) in [5.74, 6) is 2.94. The number of hydrogen-bond acceptors (Lipinski definition) is 4. The number of rotatable bonds is 7. The molecular formula is C29H51NO5S. The summed E-state index contributed by atoms with van der Waals surface area (Å²) in [6.45, 7) is 10.8. The van der Waals surface area contributed by atoms with Gasteiger partial charge in [-0.25, -0.2) is 0 Å². The molecule has 6 nitrogen and oxygen atoms in total. The number of carbonyl (C=O) groups excluding carboxylic acids is 2. The lowest BCUT2D eigenvalue weighted by Gasteiger charge is -2.59. The lowest BCUT2D eigenvalue weighted by atomic mass is 9.44. The highest BCUT2D eigenvalue weighted by molar-refractivity contribution is 7.85. The van der Waals surface area contributed by atoms with E-state index < -0.39 is 10.1 Å². The van der Waals surface area contributed by atoms with E-state index in [1.807, 2.05) is 0 Å². The molecule has 7 heteroatoms. The Morgan fingerprint density at radius 1 is 1.03 bits per heavy atom. The third-order valence-corrected chi connectivity index (χ3v) is 11.8. The average molecular weight is 526 g/mol. The number of nitrogens with two attached hydrogens (primary N) is 1. The number of primary amides is 1. The Labute approximate surface area is 219 Å². The van der Waals surface area contributed by atoms with Gasteiger partial charge in [0.1, 0.15) is 5.78 Å². The zero-order valence-electron chi connectivity index (χ0n) is 23.4. The molecule has 0 spiro atoms. The van der Waals surface area contributed by atoms with E-state index in [1.165, 1.54) is 64.7 Å². The van der Waals surface area contributed by atoms with E-state index in [2.05, 4.69) is 33.4 Å². The van der Waals surface area contributed by atoms with Gasteiger partial charge < -0.3 is 5.73 Å². The lowest BCUT2D eigenvalue weighted by Crippen LogP contribution is -2.56. The third kappa shape index (κ3) is 6.54. The molecule has 0 radical (unpaired) electrons. The van der Waals surface area contributed by atoms with Crippen molar-refractivity contribution in [3.8, 4) is 0 Å². The second kappa shape index (κ2) is 11.0. The van der Waals surface area contributed by atoms with Crippen LogP contribution in [0.25, 0.3) is 0 Å². The van der Waals surface area contributed by atoms with Crippen molar-refractivity contribution in [2.75, 3.05) is 5.75 Å². The van der Waals surface area contributed by atoms with Crippen LogP contribution < -0.4 is 5.73 Å². The molecule has 0 aromatic carbocycles. The highest BCUT2D eigenvalue weighted by atomic mass is 32.2. The van der Waals surface area contributed by atoms with Crippen LogP contribution in [0.4, 0.5) is 0 Å². The fraction of sp³-hybridized carbons (Fsp3) is 0.931. The van der Waals surface area contributed by atoms with Crippen molar-refractivity contribution in [1.29, 1.82) is 0 Å². The Morgan fingerprint density at radius 2 is 1.67 bits per heavy atom. The molecule has 7 atom stereocenters. The largest absolute Gasteiger partial charge is 0.370 e. The predicted octanol–water partition coefficient (Wildman–Crippen LogP) is 6.18. The van der Waals surface area contributed by atoms with Gasteiger partial charge in [-0.3, -0.25) is 14.1 Å². The van der Waals surface area contributed by atoms with Gasteiger partial charge in [0, 0.05) is 19.3 Å². The quantitative estimate of drug-likeness (QED) is 0.385. The molecule has 7 unspecified atom stereocenters. The normalized spacial score (nSPS) is 38.3. The van der Waals surface area contributed by atoms with Crippen molar-refractivity contribution >= 4 is 21.8 Å². The van der Waals surface area contributed by atoms with Gasteiger partial charge in [0.15, 0.2) is 0 Å². The molecule has 4 rings (SSSR count). The maximum absolute atomic E-state index is 13.5. The standard InChI is InChI=1S/C27H46O4S.C2H5NO/c1-25(2,13-7-17-32(29,30)31)15-11-19-9-10-21-24-22(12-16-27(19,21)4)26(3)14-6-5-8-20(26)18-23(24)28;1-2(3)4/h19-22,24H,5-18H2,1-4H3,(H,29,30,31);1H3,(H2,3,4). The molecule has 36 heavy (non-hydrogen) atoms. The topological polar surface area (TPSA) is 115 Å². The lowest BCUT2D eigenvalue weighted by molar-refractivity contribution is -0.155. The zero-order valence-corrected chi connectivity index (χ0v) is 24.2. The first-order valence-corrected chi connectivity index (χ1v) is 15.9. The van der Waals surface area contributed by atoms with E-state index in [9.17, 15) is 18.0 Å². The minimum absolute atomic E-state index is 0.0831. The number of fused-ring (bicyclic) bond motifs is 5. The van der Waals surface area contributed by atoms with E-state index in [1.54, 1.807) is 0 Å². The van der Waals surface area contributed by atoms with Crippen LogP contribution in [0.5, 0.6) is 0 Å². The first-order chi connectivity index (χ1) is 16.6. The SMILES string of the molecule is CC(C)(CCCS(=O)(=O)O)CCC1CCC2C3C(=O)CC4CCCCC4(C)C3CCC12C.CC(N)=O. The second-order valence-electron chi connectivity index (χ2n) is 13.9. The van der Waals surface area contributed by atoms with E-state index in [0.29, 0.717) is 52.6 Å². The average Bonchev–Trinajstić information content (AvgIpc) is 3.07. The maximum atomic E-state index is 13.5. The van der Waals surface area contributed by atoms with Crippen LogP contribution in [-0.4, -0.2) is 30.4 Å². The Kier molecular flexibility index (Phi) is 9.08. The molecule has 0 aliphatic heterocycles. The summed E-state index contributed by atoms with van der Waals surface area (Å²) >= 11 is 0. The number of carbonyl (C=O) groups is 2. The summed E-state index contributed by atoms with van der Waals surface area (Å²) in [4.78, 5) is 22.7. The number of Topliss-reactive ketones (excluding diaryl/α,β-unsaturated/α-hetero) is 1. The summed E-state index contributed by atoms with van der Waals surface area (Å²) in [6.07, 6.45) is 14.7. The third-order valence-electron chi connectivity index (χ3n) is 11.0. The molecule has 0 aromatic heterocycles. The number of hydrogen-bond donors (Lipinski definition) is 2. The van der Waals surface area contributed by atoms with Gasteiger partial charge in [-0.1, -0.05) is 40.5 Å². The molecule has 4 aliphatic carbocycles. The Balaban J connectivity index is 0.000000840. The molecule has 1 amide bonds. The van der Waals surface area contributed by atoms with Gasteiger partial charge >= 0.3 is 0 Å². The van der Waals surface area contributed by atoms with Gasteiger partial charge in [0.2, 0.25) is 5.91 Å². The number of ketones is 1. The highest BCUT2D eigenvalue weighted by Gasteiger charge is 2.62. The summed E-state index contributed by atoms with van der Waals surface area (Å²) in [5.41, 5.74) is 5.24. The molecular weight excluding hydrogens is 474 g/mol. The summed E-state index contributed by atoms with van der Waals surface area (Å²) in [6, 6.07) is 0. The molecule has 0 heterocycles. The molecule has 0 bridgehead atoms. The van der Waals surface area contributed by atoms with Crippen molar-refractivity contribution in [3.05, 3.63) is 0 Å². The second-order valence-corrected chi connectivity index (χ2v) is 15.5. The van der Waals surface area contributed by atoms with Crippen molar-refractivity contribution in [3.63, 3.8) is 0 Å². The first-order valence-electron chi connectivity index (χ1n) is 14.3. The van der Waals surface area contributed by atoms with Gasteiger partial charge in [-0.05, 0) is 104 Å². The van der Waals surface area contributed by atoms with Gasteiger partial charge in [-0.2, -0.15) is 8.42 Å². The van der Waals surface area contributed by atoms with Gasteiger partial charge in [0.05, 0.1) is 5.75 Å². The molecule has 0 aromatic rings. The fourth-order valence-electron chi connectivity index (χ4n) is 8.97. The zero-order chi connectivity index (χ0) is 26.9. The van der Waals surface area contributed by atoms with Gasteiger partial charge in [0.25, 0.3) is 10.1 Å². The van der Waals surface area contributed by atoms with Crippen LogP contribution in [0.2, 0.25) is 0 Å². The fourth-order valence-corrected chi connectivity index (χ4v) is 9.48. The van der Waals surface area contributed by atoms with Crippen molar-refractivity contribution < 1.29 is 22.6 Å². The van der Waals surface area contributed by atoms with Gasteiger partial charge in [-0.15, -0.1) is 0 Å². The Hall–Kier alpha value is -0.950. The van der Waals surface area contributed by atoms with Crippen molar-refractivity contribution in [2.24, 2.45) is 51.6 Å². The minimum atomic E-state index is -3.86. The van der Waals surface area contributed by atoms with Crippen LogP contribution in [0.15, 0.2) is 0 Å². The molecule has 4 fully saturated rings. The first kappa shape index (κ1) is 29.6. The molecule has 0 saturated heterocycles. The van der Waals surface area contributed by atoms with E-state index in [4.69, 9.17) is 4.55 Å². The monoisotopic (exact) mass is 525 g/mol. The van der Waals surface area contributed by atoms with Crippen molar-refractivity contribution in [1.82, 2.24) is 0 Å². The van der Waals surface area contributed by atoms with E-state index in [0.717, 1.165) is 19.3 Å². The van der Waals surface area contributed by atoms with Crippen LogP contribution in [0, 0.1) is 45.8 Å². The van der Waals surface area contributed by atoms with Crippen LogP contribution in [0.1, 0.15) is 118 Å². The minimum Gasteiger partial charge on any atom is -0.370 e. The van der Waals surface area contributed by atoms with Crippen LogP contribution in [0.3, 0.4) is 0 Å². The van der Waals surface area contributed by atoms with Crippen LogP contribution >= 0.6 is 0 Å². The highest BCUT2D eigenvalue weighted by Crippen LogP contribution is 2.67. The molecule has 3 N–H and O–H groups in total. The molecule has 4 saturated carbocycles. The molecule has 4 aliphatic rings. The molecule has 208 valence electrons. The number of amides is 1. The summed E-state index contributed by atoms with van der Waals surface area (Å²) in [5, 5.41) is 0. The van der Waals surface area contributed by atoms with Crippen molar-refractivity contribution in [2.45, 2.75) is 118 Å².